The van der Waals surface area contributed by atoms with Gasteiger partial charge in [0.05, 0.1) is 19.8 Å². The average Bonchev–Trinajstić information content (AvgIpc) is 3.41. The van der Waals surface area contributed by atoms with Gasteiger partial charge in [0.2, 0.25) is 0 Å². The van der Waals surface area contributed by atoms with Crippen LogP contribution >= 0.6 is 7.82 Å². The molecule has 0 aromatic heterocycles. The van der Waals surface area contributed by atoms with E-state index in [1.807, 2.05) is 12.2 Å². The van der Waals surface area contributed by atoms with Crippen molar-refractivity contribution in [3.05, 3.63) is 134 Å². The Morgan fingerprint density at radius 2 is 0.711 bits per heavy atom. The van der Waals surface area contributed by atoms with Gasteiger partial charge in [0.15, 0.2) is 6.10 Å². The highest BCUT2D eigenvalue weighted by molar-refractivity contribution is 7.47. The van der Waals surface area contributed by atoms with E-state index in [-0.39, 0.29) is 25.9 Å². The van der Waals surface area contributed by atoms with Crippen LogP contribution in [0.5, 0.6) is 0 Å². The Morgan fingerprint density at radius 1 is 0.382 bits per heavy atom. The Balaban J connectivity index is 4.91. The van der Waals surface area contributed by atoms with E-state index in [4.69, 9.17) is 23.3 Å². The first-order chi connectivity index (χ1) is 37.2. The average molecular weight is 1080 g/mol. The van der Waals surface area contributed by atoms with E-state index in [0.717, 1.165) is 122 Å². The Hall–Kier alpha value is -4.38. The number of rotatable bonds is 52. The summed E-state index contributed by atoms with van der Waals surface area (Å²) in [6.45, 7) is 4.26. The minimum absolute atomic E-state index is 0.0290. The molecule has 0 saturated carbocycles. The molecular weight excluding hydrogens is 976 g/mol. The van der Waals surface area contributed by atoms with Gasteiger partial charge >= 0.3 is 25.7 Å². The van der Waals surface area contributed by atoms with Gasteiger partial charge in [0.25, 0.3) is 0 Å². The lowest BCUT2D eigenvalue weighted by Gasteiger charge is -2.21. The number of unbranched alkanes of at least 4 members (excludes halogenated alkanes) is 13. The van der Waals surface area contributed by atoms with Crippen LogP contribution in [0.1, 0.15) is 213 Å². The number of aliphatic hydroxyl groups is 1. The van der Waals surface area contributed by atoms with Gasteiger partial charge in [-0.3, -0.25) is 23.4 Å². The summed E-state index contributed by atoms with van der Waals surface area (Å²) in [5, 5.41) is 9.81. The van der Waals surface area contributed by atoms with Crippen LogP contribution in [-0.2, 0) is 42.2 Å². The number of ether oxygens (including phenoxy) is 3. The zero-order valence-electron chi connectivity index (χ0n) is 47.4. The summed E-state index contributed by atoms with van der Waals surface area (Å²) in [7, 11) is -4.78. The fourth-order valence-corrected chi connectivity index (χ4v) is 7.97. The Kier molecular flexibility index (Phi) is 53.5. The molecule has 0 aliphatic heterocycles. The van der Waals surface area contributed by atoms with Crippen LogP contribution in [0.3, 0.4) is 0 Å². The second-order valence-electron chi connectivity index (χ2n) is 18.7. The molecule has 0 aromatic carbocycles. The second kappa shape index (κ2) is 56.8. The van der Waals surface area contributed by atoms with E-state index in [2.05, 4.69) is 142 Å². The second-order valence-corrected chi connectivity index (χ2v) is 20.1. The van der Waals surface area contributed by atoms with E-state index < -0.39 is 57.8 Å². The molecule has 0 spiro atoms. The maximum Gasteiger partial charge on any atom is 0.472 e. The van der Waals surface area contributed by atoms with Crippen molar-refractivity contribution in [3.63, 3.8) is 0 Å². The molecule has 0 amide bonds. The summed E-state index contributed by atoms with van der Waals surface area (Å²) in [4.78, 5) is 48.5. The third kappa shape index (κ3) is 54.4. The molecule has 0 rings (SSSR count). The predicted octanol–water partition coefficient (Wildman–Crippen LogP) is 17.4. The molecular formula is C64H103O11P. The maximum absolute atomic E-state index is 12.9. The summed E-state index contributed by atoms with van der Waals surface area (Å²) in [5.41, 5.74) is 0. The summed E-state index contributed by atoms with van der Waals surface area (Å²) in [6, 6.07) is 0. The van der Waals surface area contributed by atoms with Crippen molar-refractivity contribution in [2.24, 2.45) is 0 Å². The first-order valence-corrected chi connectivity index (χ1v) is 30.6. The first kappa shape index (κ1) is 71.6. The highest BCUT2D eigenvalue weighted by Crippen LogP contribution is 2.43. The number of phosphoric acid groups is 1. The predicted molar refractivity (Wildman–Crippen MR) is 316 cm³/mol. The molecule has 0 aliphatic carbocycles. The lowest BCUT2D eigenvalue weighted by molar-refractivity contribution is -0.161. The molecule has 0 fully saturated rings. The first-order valence-electron chi connectivity index (χ1n) is 29.1. The third-order valence-electron chi connectivity index (χ3n) is 11.6. The van der Waals surface area contributed by atoms with Crippen LogP contribution in [-0.4, -0.2) is 66.5 Å². The fraction of sp³-hybridized carbons (Fsp3) is 0.609. The van der Waals surface area contributed by atoms with E-state index >= 15 is 0 Å². The number of aliphatic hydroxyl groups excluding tert-OH is 1. The summed E-state index contributed by atoms with van der Waals surface area (Å²) < 4.78 is 39.4. The van der Waals surface area contributed by atoms with E-state index in [9.17, 15) is 28.9 Å². The van der Waals surface area contributed by atoms with Crippen LogP contribution in [0.2, 0.25) is 0 Å². The Morgan fingerprint density at radius 3 is 1.14 bits per heavy atom. The van der Waals surface area contributed by atoms with Crippen LogP contribution < -0.4 is 0 Å². The zero-order chi connectivity index (χ0) is 55.5. The van der Waals surface area contributed by atoms with Crippen molar-refractivity contribution >= 4 is 25.7 Å². The van der Waals surface area contributed by atoms with Crippen molar-refractivity contribution < 1.29 is 52.2 Å². The molecule has 76 heavy (non-hydrogen) atoms. The highest BCUT2D eigenvalue weighted by atomic mass is 31.2. The lowest BCUT2D eigenvalue weighted by Crippen LogP contribution is -2.30. The normalized spacial score (nSPS) is 14.3. The van der Waals surface area contributed by atoms with Gasteiger partial charge in [-0.1, -0.05) is 206 Å². The van der Waals surface area contributed by atoms with Crippen molar-refractivity contribution in [3.8, 4) is 0 Å². The molecule has 430 valence electrons. The van der Waals surface area contributed by atoms with Gasteiger partial charge in [0.1, 0.15) is 12.7 Å². The molecule has 0 aromatic rings. The van der Waals surface area contributed by atoms with Crippen LogP contribution in [0.15, 0.2) is 134 Å². The maximum atomic E-state index is 12.9. The van der Waals surface area contributed by atoms with Gasteiger partial charge in [-0.15, -0.1) is 0 Å². The van der Waals surface area contributed by atoms with Crippen molar-refractivity contribution in [2.45, 2.75) is 226 Å². The minimum atomic E-state index is -4.78. The number of hydrogen-bond donors (Lipinski definition) is 2. The van der Waals surface area contributed by atoms with Crippen molar-refractivity contribution in [1.29, 1.82) is 0 Å². The van der Waals surface area contributed by atoms with Gasteiger partial charge in [-0.05, 0) is 122 Å². The molecule has 0 bridgehead atoms. The molecule has 3 atom stereocenters. The molecule has 2 N–H and O–H groups in total. The molecule has 12 heteroatoms. The number of esters is 3. The van der Waals surface area contributed by atoms with Crippen LogP contribution in [0.4, 0.5) is 0 Å². The van der Waals surface area contributed by atoms with Crippen molar-refractivity contribution in [1.82, 2.24) is 0 Å². The number of carbonyl (C=O) groups excluding carboxylic acids is 3. The summed E-state index contributed by atoms with van der Waals surface area (Å²) >= 11 is 0. The molecule has 3 unspecified atom stereocenters. The number of hydrogen-bond acceptors (Lipinski definition) is 10. The summed E-state index contributed by atoms with van der Waals surface area (Å²) in [6.07, 6.45) is 71.4. The van der Waals surface area contributed by atoms with E-state index in [1.165, 1.54) is 25.7 Å². The summed E-state index contributed by atoms with van der Waals surface area (Å²) in [5.74, 6) is -1.62. The van der Waals surface area contributed by atoms with Crippen LogP contribution in [0.25, 0.3) is 0 Å². The number of phosphoric ester groups is 1. The third-order valence-corrected chi connectivity index (χ3v) is 12.5. The van der Waals surface area contributed by atoms with E-state index in [0.29, 0.717) is 25.7 Å². The van der Waals surface area contributed by atoms with Gasteiger partial charge in [-0.2, -0.15) is 0 Å². The molecule has 0 aliphatic rings. The lowest BCUT2D eigenvalue weighted by atomic mass is 10.1. The van der Waals surface area contributed by atoms with Gasteiger partial charge in [-0.25, -0.2) is 4.57 Å². The van der Waals surface area contributed by atoms with Gasteiger partial charge in [0, 0.05) is 19.3 Å². The molecule has 0 radical (unpaired) electrons. The monoisotopic (exact) mass is 1080 g/mol. The largest absolute Gasteiger partial charge is 0.472 e. The number of allylic oxidation sites excluding steroid dienone is 22. The Labute approximate surface area is 461 Å². The molecule has 0 saturated heterocycles. The zero-order valence-corrected chi connectivity index (χ0v) is 48.3. The topological polar surface area (TPSA) is 155 Å². The van der Waals surface area contributed by atoms with Crippen LogP contribution in [0, 0.1) is 0 Å². The standard InChI is InChI=1S/C64H103O11P/c1-4-7-10-13-16-19-22-25-27-29-30-32-34-37-40-43-46-49-52-55-64(68)75-61(57-71-62(66)53-50-47-44-41-38-36-33-31-28-26-23-20-17-14-11-8-5-2)59-73-76(69,70)72-58-60(56-65)74-63(67)54-51-48-45-42-39-35-24-21-18-15-12-9-6-3/h7-8,10-11,16-17,19-21,24-28,30,32-33,36-37,40,46,49,60-61,65H,4-6,9,12-15,18,22-23,29,31,34-35,38-39,41-45,47-48,50-59H2,1-3H3,(H,69,70)/b10-7-,11-8-,19-16-,20-17-,24-21-,27-25-,28-26-,32-30-,36-33-,40-37-,49-46-. The molecule has 0 heterocycles. The van der Waals surface area contributed by atoms with Crippen molar-refractivity contribution in [2.75, 3.05) is 26.4 Å². The number of carbonyl (C=O) groups is 3. The smallest absolute Gasteiger partial charge is 0.462 e. The highest BCUT2D eigenvalue weighted by Gasteiger charge is 2.28. The van der Waals surface area contributed by atoms with E-state index in [1.54, 1.807) is 0 Å². The fourth-order valence-electron chi connectivity index (χ4n) is 7.19. The SMILES string of the molecule is CC/C=C\C/C=C\C/C=C\C/C=C\C/C=C\C/C=C\CCC(=O)OC(COC(=O)CCCCCC/C=C\C/C=C\C/C=C\C/C=C\CC)COP(=O)(O)OCC(CO)OC(=O)CCCCCCC/C=C\CCCCCC. The molecule has 11 nitrogen and oxygen atoms in total. The van der Waals surface area contributed by atoms with Gasteiger partial charge < -0.3 is 24.2 Å². The Bertz CT molecular complexity index is 1780. The minimum Gasteiger partial charge on any atom is -0.462 e. The quantitative estimate of drug-likeness (QED) is 0.0197.